The molecule has 0 saturated heterocycles. The third-order valence-corrected chi connectivity index (χ3v) is 5.24. The minimum absolute atomic E-state index is 0.883. The molecule has 1 aromatic carbocycles. The summed E-state index contributed by atoms with van der Waals surface area (Å²) >= 11 is 0. The van der Waals surface area contributed by atoms with Crippen LogP contribution in [0.15, 0.2) is 24.3 Å². The number of benzene rings is 1. The molecule has 0 N–H and O–H groups in total. The normalized spacial score (nSPS) is 36.1. The fourth-order valence-corrected chi connectivity index (χ4v) is 4.39. The minimum Gasteiger partial charge on any atom is -0.292 e. The summed E-state index contributed by atoms with van der Waals surface area (Å²) in [5.74, 6) is 2.12. The second-order valence-electron chi connectivity index (χ2n) is 6.34. The third-order valence-electron chi connectivity index (χ3n) is 5.24. The molecule has 1 aromatic rings. The molecule has 2 saturated carbocycles. The predicted octanol–water partition coefficient (Wildman–Crippen LogP) is 3.58. The Balaban J connectivity index is 1.51. The maximum atomic E-state index is 2.75. The van der Waals surface area contributed by atoms with Gasteiger partial charge in [0.05, 0.1) is 0 Å². The Morgan fingerprint density at radius 2 is 1.41 bits per heavy atom. The fraction of sp³-hybridized carbons (Fsp3) is 0.625. The van der Waals surface area contributed by atoms with Crippen molar-refractivity contribution in [3.63, 3.8) is 0 Å². The fourth-order valence-electron chi connectivity index (χ4n) is 4.39. The number of rotatable bonds is 1. The van der Waals surface area contributed by atoms with E-state index in [0.29, 0.717) is 0 Å². The van der Waals surface area contributed by atoms with Crippen molar-refractivity contribution in [2.24, 2.45) is 11.8 Å². The first-order valence-electron chi connectivity index (χ1n) is 7.19. The lowest BCUT2D eigenvalue weighted by molar-refractivity contribution is 0.124. The lowest BCUT2D eigenvalue weighted by Crippen LogP contribution is -2.35. The summed E-state index contributed by atoms with van der Waals surface area (Å²) in [4.78, 5) is 2.75. The average Bonchev–Trinajstić information content (AvgIpc) is 2.92. The molecule has 4 rings (SSSR count). The van der Waals surface area contributed by atoms with E-state index in [1.807, 2.05) is 0 Å². The summed E-state index contributed by atoms with van der Waals surface area (Å²) in [6, 6.07) is 9.88. The Kier molecular flexibility index (Phi) is 2.29. The highest BCUT2D eigenvalue weighted by Crippen LogP contribution is 2.44. The van der Waals surface area contributed by atoms with Gasteiger partial charge in [0.25, 0.3) is 0 Å². The van der Waals surface area contributed by atoms with Gasteiger partial charge in [0.15, 0.2) is 0 Å². The molecule has 0 aromatic heterocycles. The van der Waals surface area contributed by atoms with Crippen LogP contribution in [0.3, 0.4) is 0 Å². The monoisotopic (exact) mass is 227 g/mol. The molecule has 3 aliphatic rings. The van der Waals surface area contributed by atoms with Gasteiger partial charge in [-0.25, -0.2) is 0 Å². The van der Waals surface area contributed by atoms with E-state index in [1.165, 1.54) is 45.2 Å². The first-order valence-corrected chi connectivity index (χ1v) is 7.19. The first-order chi connectivity index (χ1) is 8.38. The minimum atomic E-state index is 0.883. The van der Waals surface area contributed by atoms with Gasteiger partial charge >= 0.3 is 0 Å². The van der Waals surface area contributed by atoms with Gasteiger partial charge in [-0.3, -0.25) is 4.90 Å². The Bertz CT molecular complexity index is 388. The van der Waals surface area contributed by atoms with Gasteiger partial charge in [0, 0.05) is 19.1 Å². The van der Waals surface area contributed by atoms with Crippen LogP contribution in [0.5, 0.6) is 0 Å². The maximum Gasteiger partial charge on any atom is 0.0243 e. The molecule has 17 heavy (non-hydrogen) atoms. The molecular weight excluding hydrogens is 206 g/mol. The van der Waals surface area contributed by atoms with E-state index < -0.39 is 0 Å². The molecule has 1 heterocycles. The highest BCUT2D eigenvalue weighted by Gasteiger charge is 2.37. The SMILES string of the molecule is c1ccc2c(c1)CN(C1C[C@H]3CC[C@@H](C1)C3)C2. The average molecular weight is 227 g/mol. The number of hydrogen-bond acceptors (Lipinski definition) is 1. The van der Waals surface area contributed by atoms with Crippen molar-refractivity contribution in [1.82, 2.24) is 4.90 Å². The number of nitrogens with zero attached hydrogens (tertiary/aromatic N) is 1. The molecule has 2 fully saturated rings. The number of hydrogen-bond donors (Lipinski definition) is 0. The standard InChI is InChI=1S/C16H21N/c1-2-4-15-11-17(10-14(15)3-1)16-8-12-5-6-13(7-12)9-16/h1-4,12-13,16H,5-11H2/t12-,13+,16?. The van der Waals surface area contributed by atoms with Crippen molar-refractivity contribution in [2.75, 3.05) is 0 Å². The summed E-state index contributed by atoms with van der Waals surface area (Å²) in [5, 5.41) is 0. The summed E-state index contributed by atoms with van der Waals surface area (Å²) < 4.78 is 0. The Morgan fingerprint density at radius 1 is 0.824 bits per heavy atom. The van der Waals surface area contributed by atoms with E-state index in [0.717, 1.165) is 17.9 Å². The molecule has 0 radical (unpaired) electrons. The lowest BCUT2D eigenvalue weighted by Gasteiger charge is -2.34. The van der Waals surface area contributed by atoms with Crippen LogP contribution in [0.1, 0.15) is 43.2 Å². The van der Waals surface area contributed by atoms with Gasteiger partial charge in [-0.05, 0) is 42.2 Å². The summed E-state index contributed by atoms with van der Waals surface area (Å²) in [6.45, 7) is 2.42. The maximum absolute atomic E-state index is 2.75. The molecule has 2 bridgehead atoms. The molecule has 90 valence electrons. The zero-order valence-electron chi connectivity index (χ0n) is 10.4. The van der Waals surface area contributed by atoms with E-state index in [-0.39, 0.29) is 0 Å². The lowest BCUT2D eigenvalue weighted by atomic mass is 9.85. The van der Waals surface area contributed by atoms with E-state index >= 15 is 0 Å². The Morgan fingerprint density at radius 3 is 2.00 bits per heavy atom. The van der Waals surface area contributed by atoms with E-state index in [4.69, 9.17) is 0 Å². The van der Waals surface area contributed by atoms with E-state index in [1.54, 1.807) is 11.1 Å². The summed E-state index contributed by atoms with van der Waals surface area (Å²) in [5.41, 5.74) is 3.15. The highest BCUT2D eigenvalue weighted by atomic mass is 15.2. The van der Waals surface area contributed by atoms with Gasteiger partial charge < -0.3 is 0 Å². The molecule has 0 spiro atoms. The second-order valence-corrected chi connectivity index (χ2v) is 6.34. The molecule has 0 amide bonds. The van der Waals surface area contributed by atoms with Gasteiger partial charge in [-0.15, -0.1) is 0 Å². The van der Waals surface area contributed by atoms with Crippen LogP contribution in [0.2, 0.25) is 0 Å². The molecule has 2 aliphatic carbocycles. The van der Waals surface area contributed by atoms with Crippen molar-refractivity contribution >= 4 is 0 Å². The molecule has 1 aliphatic heterocycles. The molecule has 1 heteroatoms. The van der Waals surface area contributed by atoms with Crippen LogP contribution in [0, 0.1) is 11.8 Å². The predicted molar refractivity (Wildman–Crippen MR) is 69.5 cm³/mol. The van der Waals surface area contributed by atoms with Crippen LogP contribution in [-0.2, 0) is 13.1 Å². The number of fused-ring (bicyclic) bond motifs is 3. The first kappa shape index (κ1) is 10.1. The third kappa shape index (κ3) is 1.72. The largest absolute Gasteiger partial charge is 0.292 e. The van der Waals surface area contributed by atoms with Crippen molar-refractivity contribution in [3.8, 4) is 0 Å². The van der Waals surface area contributed by atoms with Crippen LogP contribution >= 0.6 is 0 Å². The summed E-state index contributed by atoms with van der Waals surface area (Å²) in [7, 11) is 0. The smallest absolute Gasteiger partial charge is 0.0243 e. The molecular formula is C16H21N. The Labute approximate surface area is 104 Å². The zero-order chi connectivity index (χ0) is 11.2. The second kappa shape index (κ2) is 3.84. The van der Waals surface area contributed by atoms with Gasteiger partial charge in [-0.2, -0.15) is 0 Å². The van der Waals surface area contributed by atoms with Crippen molar-refractivity contribution in [1.29, 1.82) is 0 Å². The van der Waals surface area contributed by atoms with Gasteiger partial charge in [0.1, 0.15) is 0 Å². The molecule has 1 nitrogen and oxygen atoms in total. The highest BCUT2D eigenvalue weighted by molar-refractivity contribution is 5.30. The van der Waals surface area contributed by atoms with Crippen LogP contribution in [0.4, 0.5) is 0 Å². The van der Waals surface area contributed by atoms with Crippen molar-refractivity contribution in [2.45, 2.75) is 51.2 Å². The van der Waals surface area contributed by atoms with Crippen molar-refractivity contribution in [3.05, 3.63) is 35.4 Å². The topological polar surface area (TPSA) is 3.24 Å². The molecule has 3 atom stereocenters. The summed E-state index contributed by atoms with van der Waals surface area (Å²) in [6.07, 6.45) is 7.52. The van der Waals surface area contributed by atoms with Crippen LogP contribution < -0.4 is 0 Å². The van der Waals surface area contributed by atoms with Crippen molar-refractivity contribution < 1.29 is 0 Å². The van der Waals surface area contributed by atoms with Gasteiger partial charge in [-0.1, -0.05) is 37.1 Å². The Hall–Kier alpha value is -0.820. The van der Waals surface area contributed by atoms with Crippen LogP contribution in [0.25, 0.3) is 0 Å². The zero-order valence-corrected chi connectivity index (χ0v) is 10.4. The quantitative estimate of drug-likeness (QED) is 0.709. The van der Waals surface area contributed by atoms with E-state index in [9.17, 15) is 0 Å². The van der Waals surface area contributed by atoms with E-state index in [2.05, 4.69) is 29.2 Å². The van der Waals surface area contributed by atoms with Crippen LogP contribution in [-0.4, -0.2) is 10.9 Å². The van der Waals surface area contributed by atoms with Gasteiger partial charge in [0.2, 0.25) is 0 Å². The molecule has 1 unspecified atom stereocenters.